The number of ether oxygens (including phenoxy) is 1. The van der Waals surface area contributed by atoms with Crippen LogP contribution >= 0.6 is 11.3 Å². The number of hydrogen-bond acceptors (Lipinski definition) is 8. The number of aryl methyl sites for hydroxylation is 1. The Balaban J connectivity index is 1.64. The smallest absolute Gasteiger partial charge is 0.357 e. The fraction of sp³-hybridized carbons (Fsp3) is 0.471. The van der Waals surface area contributed by atoms with E-state index in [1.807, 2.05) is 4.90 Å². The topological polar surface area (TPSA) is 106 Å². The van der Waals surface area contributed by atoms with Gasteiger partial charge in [0.25, 0.3) is 5.56 Å². The van der Waals surface area contributed by atoms with Crippen LogP contribution in [0.3, 0.4) is 0 Å². The average molecular weight is 391 g/mol. The van der Waals surface area contributed by atoms with Crippen LogP contribution in [0, 0.1) is 5.92 Å². The van der Waals surface area contributed by atoms with Crippen LogP contribution in [0.25, 0.3) is 0 Å². The highest BCUT2D eigenvalue weighted by atomic mass is 32.1. The Morgan fingerprint density at radius 3 is 2.96 bits per heavy atom. The van der Waals surface area contributed by atoms with Crippen molar-refractivity contribution in [2.24, 2.45) is 13.0 Å². The molecule has 0 radical (unpaired) electrons. The van der Waals surface area contributed by atoms with E-state index in [4.69, 9.17) is 4.74 Å². The number of piperidine rings is 1. The van der Waals surface area contributed by atoms with Gasteiger partial charge in [-0.25, -0.2) is 14.5 Å². The maximum atomic E-state index is 12.6. The lowest BCUT2D eigenvalue weighted by Gasteiger charge is -2.32. The van der Waals surface area contributed by atoms with Crippen LogP contribution in [-0.2, 0) is 16.6 Å². The summed E-state index contributed by atoms with van der Waals surface area (Å²) in [5.74, 6) is -0.200. The highest BCUT2D eigenvalue weighted by molar-refractivity contribution is 7.14. The van der Waals surface area contributed by atoms with E-state index in [0.717, 1.165) is 19.4 Å². The van der Waals surface area contributed by atoms with Gasteiger partial charge in [-0.1, -0.05) is 0 Å². The molecule has 10 heteroatoms. The molecule has 1 saturated heterocycles. The zero-order chi connectivity index (χ0) is 19.4. The Kier molecular flexibility index (Phi) is 5.84. The van der Waals surface area contributed by atoms with Crippen molar-refractivity contribution in [2.75, 3.05) is 29.9 Å². The lowest BCUT2D eigenvalue weighted by Crippen LogP contribution is -2.41. The minimum Gasteiger partial charge on any atom is -0.461 e. The van der Waals surface area contributed by atoms with Crippen LogP contribution in [0.2, 0.25) is 0 Å². The summed E-state index contributed by atoms with van der Waals surface area (Å²) in [4.78, 5) is 41.9. The van der Waals surface area contributed by atoms with Crippen LogP contribution in [-0.4, -0.2) is 46.3 Å². The molecule has 2 aromatic rings. The van der Waals surface area contributed by atoms with E-state index in [2.05, 4.69) is 15.4 Å². The van der Waals surface area contributed by atoms with Gasteiger partial charge < -0.3 is 15.0 Å². The van der Waals surface area contributed by atoms with E-state index in [1.165, 1.54) is 22.1 Å². The maximum Gasteiger partial charge on any atom is 0.357 e. The first-order chi connectivity index (χ1) is 13.0. The van der Waals surface area contributed by atoms with E-state index >= 15 is 0 Å². The summed E-state index contributed by atoms with van der Waals surface area (Å²) in [5.41, 5.74) is 0.0167. The molecule has 2 aromatic heterocycles. The second kappa shape index (κ2) is 8.30. The van der Waals surface area contributed by atoms with Gasteiger partial charge in [0, 0.05) is 31.6 Å². The summed E-state index contributed by atoms with van der Waals surface area (Å²) in [6.45, 7) is 3.28. The van der Waals surface area contributed by atoms with Gasteiger partial charge in [0.1, 0.15) is 5.82 Å². The molecule has 3 rings (SSSR count). The van der Waals surface area contributed by atoms with Crippen molar-refractivity contribution < 1.29 is 14.3 Å². The molecule has 0 spiro atoms. The molecule has 0 unspecified atom stereocenters. The maximum absolute atomic E-state index is 12.6. The molecule has 0 saturated carbocycles. The van der Waals surface area contributed by atoms with Gasteiger partial charge in [0.2, 0.25) is 5.91 Å². The molecule has 3 heterocycles. The number of hydrogen-bond donors (Lipinski definition) is 1. The fourth-order valence-corrected chi connectivity index (χ4v) is 3.58. The van der Waals surface area contributed by atoms with Gasteiger partial charge in [0.05, 0.1) is 12.5 Å². The number of amides is 1. The molecular weight excluding hydrogens is 370 g/mol. The number of esters is 1. The third kappa shape index (κ3) is 4.51. The molecule has 27 heavy (non-hydrogen) atoms. The molecule has 1 amide bonds. The number of carbonyl (C=O) groups excluding carboxylic acids is 2. The monoisotopic (exact) mass is 391 g/mol. The van der Waals surface area contributed by atoms with Crippen molar-refractivity contribution in [2.45, 2.75) is 19.8 Å². The highest BCUT2D eigenvalue weighted by Gasteiger charge is 2.27. The van der Waals surface area contributed by atoms with Crippen molar-refractivity contribution in [1.29, 1.82) is 0 Å². The van der Waals surface area contributed by atoms with E-state index in [9.17, 15) is 14.4 Å². The van der Waals surface area contributed by atoms with Gasteiger partial charge in [-0.2, -0.15) is 5.10 Å². The zero-order valence-electron chi connectivity index (χ0n) is 15.2. The Bertz CT molecular complexity index is 893. The first kappa shape index (κ1) is 19.0. The molecule has 144 valence electrons. The lowest BCUT2D eigenvalue weighted by molar-refractivity contribution is -0.120. The average Bonchev–Trinajstić information content (AvgIpc) is 3.13. The highest BCUT2D eigenvalue weighted by Crippen LogP contribution is 2.23. The minimum atomic E-state index is -0.501. The Hall–Kier alpha value is -2.75. The van der Waals surface area contributed by atoms with Crippen molar-refractivity contribution >= 4 is 34.2 Å². The SMILES string of the molecule is CCOC(=O)c1csc(NC(=O)[C@@H]2CCCN(c3ccc(=O)n(C)n3)C2)n1. The molecule has 0 aromatic carbocycles. The standard InChI is InChI=1S/C17H21N5O4S/c1-3-26-16(25)12-10-27-17(18-12)19-15(24)11-5-4-8-22(9-11)13-6-7-14(23)21(2)20-13/h6-7,10-11H,3-5,8-9H2,1-2H3,(H,18,19,24)/t11-/m1/s1. The summed E-state index contributed by atoms with van der Waals surface area (Å²) < 4.78 is 6.18. The summed E-state index contributed by atoms with van der Waals surface area (Å²) in [7, 11) is 1.60. The van der Waals surface area contributed by atoms with Gasteiger partial charge >= 0.3 is 5.97 Å². The second-order valence-electron chi connectivity index (χ2n) is 6.19. The van der Waals surface area contributed by atoms with Crippen molar-refractivity contribution in [3.63, 3.8) is 0 Å². The molecule has 1 N–H and O–H groups in total. The van der Waals surface area contributed by atoms with Crippen LogP contribution in [0.4, 0.5) is 10.9 Å². The number of anilines is 2. The molecule has 1 aliphatic rings. The number of rotatable bonds is 5. The van der Waals surface area contributed by atoms with E-state index in [0.29, 0.717) is 17.5 Å². The third-order valence-electron chi connectivity index (χ3n) is 4.28. The first-order valence-electron chi connectivity index (χ1n) is 8.70. The van der Waals surface area contributed by atoms with Gasteiger partial charge in [-0.05, 0) is 25.8 Å². The predicted molar refractivity (Wildman–Crippen MR) is 101 cm³/mol. The molecule has 9 nitrogen and oxygen atoms in total. The lowest BCUT2D eigenvalue weighted by atomic mass is 9.97. The number of thiazole rings is 1. The third-order valence-corrected chi connectivity index (χ3v) is 5.04. The van der Waals surface area contributed by atoms with Gasteiger partial charge in [0.15, 0.2) is 10.8 Å². The van der Waals surface area contributed by atoms with Crippen LogP contribution in [0.1, 0.15) is 30.3 Å². The normalized spacial score (nSPS) is 16.8. The first-order valence-corrected chi connectivity index (χ1v) is 9.58. The largest absolute Gasteiger partial charge is 0.461 e. The molecule has 0 aliphatic carbocycles. The number of nitrogens with zero attached hydrogens (tertiary/aromatic N) is 4. The summed E-state index contributed by atoms with van der Waals surface area (Å²) in [5, 5.41) is 8.97. The zero-order valence-corrected chi connectivity index (χ0v) is 16.0. The van der Waals surface area contributed by atoms with E-state index in [-0.39, 0.29) is 29.7 Å². The summed E-state index contributed by atoms with van der Waals surface area (Å²) in [6, 6.07) is 3.15. The van der Waals surface area contributed by atoms with E-state index < -0.39 is 5.97 Å². The quantitative estimate of drug-likeness (QED) is 0.765. The number of nitrogens with one attached hydrogen (secondary N) is 1. The molecule has 0 bridgehead atoms. The van der Waals surface area contributed by atoms with Crippen molar-refractivity contribution in [3.8, 4) is 0 Å². The van der Waals surface area contributed by atoms with Crippen LogP contribution in [0.15, 0.2) is 22.3 Å². The fourth-order valence-electron chi connectivity index (χ4n) is 2.90. The summed E-state index contributed by atoms with van der Waals surface area (Å²) in [6.07, 6.45) is 1.60. The number of aromatic nitrogens is 3. The minimum absolute atomic E-state index is 0.144. The predicted octanol–water partition coefficient (Wildman–Crippen LogP) is 1.27. The van der Waals surface area contributed by atoms with Gasteiger partial charge in [-0.15, -0.1) is 11.3 Å². The van der Waals surface area contributed by atoms with Crippen molar-refractivity contribution in [1.82, 2.24) is 14.8 Å². The second-order valence-corrected chi connectivity index (χ2v) is 7.04. The molecule has 1 aliphatic heterocycles. The van der Waals surface area contributed by atoms with Crippen LogP contribution in [0.5, 0.6) is 0 Å². The van der Waals surface area contributed by atoms with E-state index in [1.54, 1.807) is 25.4 Å². The Labute approximate surface area is 160 Å². The summed E-state index contributed by atoms with van der Waals surface area (Å²) >= 11 is 1.19. The molecule has 1 atom stereocenters. The van der Waals surface area contributed by atoms with Crippen LogP contribution < -0.4 is 15.8 Å². The van der Waals surface area contributed by atoms with Gasteiger partial charge in [-0.3, -0.25) is 9.59 Å². The number of carbonyl (C=O) groups is 2. The molecule has 1 fully saturated rings. The van der Waals surface area contributed by atoms with Crippen molar-refractivity contribution in [3.05, 3.63) is 33.6 Å². The Morgan fingerprint density at radius 2 is 2.22 bits per heavy atom. The Morgan fingerprint density at radius 1 is 1.41 bits per heavy atom. The molecular formula is C17H21N5O4S.